The van der Waals surface area contributed by atoms with Crippen LogP contribution in [0.2, 0.25) is 0 Å². The molecule has 0 aliphatic rings. The fraction of sp³-hybridized carbons (Fsp3) is 0.585. The van der Waals surface area contributed by atoms with Crippen molar-refractivity contribution < 1.29 is 52.4 Å². The van der Waals surface area contributed by atoms with Crippen LogP contribution in [0.4, 0.5) is 4.79 Å². The first-order valence-corrected chi connectivity index (χ1v) is 18.1. The molecule has 1 atom stereocenters. The highest BCUT2D eigenvalue weighted by atomic mass is 16.6. The highest BCUT2D eigenvalue weighted by Crippen LogP contribution is 2.21. The molecule has 0 aliphatic heterocycles. The first kappa shape index (κ1) is 45.5. The predicted molar refractivity (Wildman–Crippen MR) is 203 cm³/mol. The summed E-state index contributed by atoms with van der Waals surface area (Å²) in [6, 6.07) is 14.6. The van der Waals surface area contributed by atoms with Crippen LogP contribution in [0.15, 0.2) is 54.6 Å². The zero-order valence-corrected chi connectivity index (χ0v) is 34.1. The number of rotatable bonds is 16. The lowest BCUT2D eigenvalue weighted by Gasteiger charge is -2.34. The molecule has 2 rings (SSSR count). The van der Waals surface area contributed by atoms with E-state index in [9.17, 15) is 24.0 Å². The summed E-state index contributed by atoms with van der Waals surface area (Å²) in [5.41, 5.74) is -1.72. The van der Waals surface area contributed by atoms with Crippen LogP contribution >= 0.6 is 0 Å². The molecule has 2 aromatic rings. The van der Waals surface area contributed by atoms with Gasteiger partial charge in [0.25, 0.3) is 0 Å². The first-order valence-electron chi connectivity index (χ1n) is 18.1. The Hall–Kier alpha value is -4.65. The van der Waals surface area contributed by atoms with E-state index in [1.807, 2.05) is 18.2 Å². The van der Waals surface area contributed by atoms with Gasteiger partial charge in [-0.05, 0) is 106 Å². The SMILES string of the molecule is CC(C)(C)OC(=O)COc1ccc(C[C@@H](C(=O)OC(C)(C)C)N(CCN(CC(=O)OC(C)(C)C)CC(=O)OC(C)(C)C)C(=O)OCc2ccccc2)cc1. The van der Waals surface area contributed by atoms with Crippen molar-refractivity contribution in [3.63, 3.8) is 0 Å². The maximum absolute atomic E-state index is 14.0. The molecule has 0 bridgehead atoms. The average Bonchev–Trinajstić information content (AvgIpc) is 2.99. The van der Waals surface area contributed by atoms with Gasteiger partial charge in [-0.1, -0.05) is 42.5 Å². The van der Waals surface area contributed by atoms with Gasteiger partial charge in [-0.2, -0.15) is 0 Å². The maximum atomic E-state index is 14.0. The van der Waals surface area contributed by atoms with Crippen LogP contribution < -0.4 is 4.74 Å². The molecule has 13 heteroatoms. The normalized spacial score (nSPS) is 12.7. The van der Waals surface area contributed by atoms with E-state index in [2.05, 4.69) is 0 Å². The smallest absolute Gasteiger partial charge is 0.410 e. The third-order valence-corrected chi connectivity index (χ3v) is 6.83. The topological polar surface area (TPSA) is 147 Å². The van der Waals surface area contributed by atoms with Crippen molar-refractivity contribution in [3.05, 3.63) is 65.7 Å². The van der Waals surface area contributed by atoms with Crippen molar-refractivity contribution >= 4 is 30.0 Å². The van der Waals surface area contributed by atoms with Gasteiger partial charge < -0.3 is 28.4 Å². The van der Waals surface area contributed by atoms with Gasteiger partial charge in [0.1, 0.15) is 40.8 Å². The molecule has 13 nitrogen and oxygen atoms in total. The molecule has 2 aromatic carbocycles. The average molecular weight is 757 g/mol. The summed E-state index contributed by atoms with van der Waals surface area (Å²) in [7, 11) is 0. The molecule has 0 N–H and O–H groups in total. The van der Waals surface area contributed by atoms with Gasteiger partial charge in [0.05, 0.1) is 13.1 Å². The number of amides is 1. The van der Waals surface area contributed by atoms with Gasteiger partial charge in [0.15, 0.2) is 6.61 Å². The molecule has 54 heavy (non-hydrogen) atoms. The van der Waals surface area contributed by atoms with Crippen LogP contribution in [-0.2, 0) is 55.9 Å². The predicted octanol–water partition coefficient (Wildman–Crippen LogP) is 6.28. The Morgan fingerprint density at radius 1 is 0.574 bits per heavy atom. The Balaban J connectivity index is 2.46. The fourth-order valence-electron chi connectivity index (χ4n) is 4.90. The Morgan fingerprint density at radius 2 is 1.06 bits per heavy atom. The molecule has 0 fully saturated rings. The number of nitrogens with zero attached hydrogens (tertiary/aromatic N) is 2. The lowest BCUT2D eigenvalue weighted by atomic mass is 10.0. The molecule has 0 unspecified atom stereocenters. The molecule has 0 heterocycles. The number of esters is 4. The second kappa shape index (κ2) is 19.6. The zero-order chi connectivity index (χ0) is 40.9. The van der Waals surface area contributed by atoms with Crippen molar-refractivity contribution in [1.82, 2.24) is 9.80 Å². The van der Waals surface area contributed by atoms with Crippen molar-refractivity contribution in [1.29, 1.82) is 0 Å². The molecule has 0 spiro atoms. The summed E-state index contributed by atoms with van der Waals surface area (Å²) >= 11 is 0. The van der Waals surface area contributed by atoms with Gasteiger partial charge in [-0.25, -0.2) is 14.4 Å². The van der Waals surface area contributed by atoms with Crippen LogP contribution in [-0.4, -0.2) is 101 Å². The van der Waals surface area contributed by atoms with Crippen LogP contribution in [0.3, 0.4) is 0 Å². The van der Waals surface area contributed by atoms with E-state index in [4.69, 9.17) is 28.4 Å². The highest BCUT2D eigenvalue weighted by Gasteiger charge is 2.36. The van der Waals surface area contributed by atoms with E-state index in [0.29, 0.717) is 11.3 Å². The standard InChI is InChI=1S/C41H60N2O11/c1-38(2,3)51-33(44)25-42(26-34(45)52-39(4,5)6)22-23-43(37(48)50-27-30-16-14-13-15-17-30)32(36(47)54-41(10,11)12)24-29-18-20-31(21-19-29)49-28-35(46)53-40(7,8)9/h13-21,32H,22-28H2,1-12H3/t32-/m0/s1. The summed E-state index contributed by atoms with van der Waals surface area (Å²) in [6.45, 7) is 19.8. The van der Waals surface area contributed by atoms with Crippen LogP contribution in [0.1, 0.15) is 94.2 Å². The third kappa shape index (κ3) is 19.4. The van der Waals surface area contributed by atoms with Crippen molar-refractivity contribution in [2.45, 2.75) is 125 Å². The summed E-state index contributed by atoms with van der Waals surface area (Å²) < 4.78 is 33.5. The molecule has 0 aromatic heterocycles. The van der Waals surface area contributed by atoms with Gasteiger partial charge >= 0.3 is 30.0 Å². The molecule has 0 saturated carbocycles. The number of carbonyl (C=O) groups excluding carboxylic acids is 5. The van der Waals surface area contributed by atoms with Gasteiger partial charge in [0, 0.05) is 19.5 Å². The number of hydrogen-bond acceptors (Lipinski definition) is 12. The minimum absolute atomic E-state index is 0.0137. The minimum atomic E-state index is -1.19. The van der Waals surface area contributed by atoms with E-state index >= 15 is 0 Å². The van der Waals surface area contributed by atoms with E-state index in [1.54, 1.807) is 119 Å². The maximum Gasteiger partial charge on any atom is 0.410 e. The second-order valence-electron chi connectivity index (χ2n) is 16.9. The molecule has 0 saturated heterocycles. The lowest BCUT2D eigenvalue weighted by molar-refractivity contribution is -0.163. The molecular formula is C41H60N2O11. The first-order chi connectivity index (χ1) is 24.8. The summed E-state index contributed by atoms with van der Waals surface area (Å²) in [6.07, 6.45) is -0.790. The number of carbonyl (C=O) groups is 5. The fourth-order valence-corrected chi connectivity index (χ4v) is 4.90. The Morgan fingerprint density at radius 3 is 1.54 bits per heavy atom. The molecule has 300 valence electrons. The van der Waals surface area contributed by atoms with Crippen LogP contribution in [0, 0.1) is 0 Å². The molecule has 0 radical (unpaired) electrons. The lowest BCUT2D eigenvalue weighted by Crippen LogP contribution is -2.52. The Bertz CT molecular complexity index is 1500. The number of hydrogen-bond donors (Lipinski definition) is 0. The third-order valence-electron chi connectivity index (χ3n) is 6.83. The van der Waals surface area contributed by atoms with E-state index < -0.39 is 58.4 Å². The quantitative estimate of drug-likeness (QED) is 0.140. The molecule has 0 aliphatic carbocycles. The van der Waals surface area contributed by atoms with Crippen LogP contribution in [0.25, 0.3) is 0 Å². The van der Waals surface area contributed by atoms with E-state index in [-0.39, 0.29) is 45.8 Å². The minimum Gasteiger partial charge on any atom is -0.482 e. The van der Waals surface area contributed by atoms with Crippen molar-refractivity contribution in [2.24, 2.45) is 0 Å². The van der Waals surface area contributed by atoms with Gasteiger partial charge in [0.2, 0.25) is 0 Å². The summed E-state index contributed by atoms with van der Waals surface area (Å²) in [4.78, 5) is 68.8. The summed E-state index contributed by atoms with van der Waals surface area (Å²) in [5, 5.41) is 0. The Kier molecular flexibility index (Phi) is 16.5. The molecule has 1 amide bonds. The number of benzene rings is 2. The van der Waals surface area contributed by atoms with E-state index in [0.717, 1.165) is 5.56 Å². The van der Waals surface area contributed by atoms with Gasteiger partial charge in [-0.3, -0.25) is 19.4 Å². The zero-order valence-electron chi connectivity index (χ0n) is 34.1. The van der Waals surface area contributed by atoms with Gasteiger partial charge in [-0.15, -0.1) is 0 Å². The molecular weight excluding hydrogens is 696 g/mol. The van der Waals surface area contributed by atoms with Crippen LogP contribution in [0.5, 0.6) is 5.75 Å². The van der Waals surface area contributed by atoms with E-state index in [1.165, 1.54) is 9.80 Å². The Labute approximate surface area is 320 Å². The number of ether oxygens (including phenoxy) is 6. The summed E-state index contributed by atoms with van der Waals surface area (Å²) in [5.74, 6) is -1.97. The van der Waals surface area contributed by atoms with Crippen molar-refractivity contribution in [2.75, 3.05) is 32.8 Å². The van der Waals surface area contributed by atoms with Crippen molar-refractivity contribution in [3.8, 4) is 5.75 Å². The monoisotopic (exact) mass is 756 g/mol. The second-order valence-corrected chi connectivity index (χ2v) is 16.9. The largest absolute Gasteiger partial charge is 0.482 e. The highest BCUT2D eigenvalue weighted by molar-refractivity contribution is 5.82.